The number of esters is 1. The fraction of sp³-hybridized carbons (Fsp3) is 0.900. The van der Waals surface area contributed by atoms with Crippen molar-refractivity contribution < 1.29 is 14.3 Å². The van der Waals surface area contributed by atoms with Gasteiger partial charge >= 0.3 is 5.97 Å². The van der Waals surface area contributed by atoms with Crippen molar-refractivity contribution in [2.24, 2.45) is 0 Å². The van der Waals surface area contributed by atoms with Crippen molar-refractivity contribution in [3.05, 3.63) is 0 Å². The first kappa shape index (κ1) is 13.4. The average molecular weight is 203 g/mol. The predicted molar refractivity (Wildman–Crippen MR) is 55.2 cm³/mol. The second-order valence-corrected chi connectivity index (χ2v) is 3.19. The van der Waals surface area contributed by atoms with E-state index in [0.29, 0.717) is 6.61 Å². The van der Waals surface area contributed by atoms with Crippen LogP contribution in [0.2, 0.25) is 0 Å². The first-order chi connectivity index (χ1) is 6.65. The summed E-state index contributed by atoms with van der Waals surface area (Å²) in [5.74, 6) is -0.268. The number of rotatable bonds is 7. The third-order valence-corrected chi connectivity index (χ3v) is 2.06. The summed E-state index contributed by atoms with van der Waals surface area (Å²) in [5, 5.41) is 3.01. The number of hydrogen-bond acceptors (Lipinski definition) is 4. The van der Waals surface area contributed by atoms with E-state index in [1.165, 1.54) is 7.11 Å². The number of carbonyl (C=O) groups excluding carboxylic acids is 1. The fourth-order valence-corrected chi connectivity index (χ4v) is 0.977. The third-order valence-electron chi connectivity index (χ3n) is 2.06. The maximum Gasteiger partial charge on any atom is 0.325 e. The molecule has 0 aromatic heterocycles. The lowest BCUT2D eigenvalue weighted by Crippen LogP contribution is -2.42. The summed E-state index contributed by atoms with van der Waals surface area (Å²) < 4.78 is 10.1. The lowest BCUT2D eigenvalue weighted by molar-refractivity contribution is -0.145. The molecule has 0 radical (unpaired) electrons. The topological polar surface area (TPSA) is 47.6 Å². The Labute approximate surface area is 86.0 Å². The molecule has 84 valence electrons. The predicted octanol–water partition coefficient (Wildman–Crippen LogP) is 0.953. The SMILES string of the molecule is CCNC(COC(C)CC)C(=O)OC. The summed E-state index contributed by atoms with van der Waals surface area (Å²) in [7, 11) is 1.38. The molecule has 0 amide bonds. The number of carbonyl (C=O) groups is 1. The lowest BCUT2D eigenvalue weighted by Gasteiger charge is -2.18. The van der Waals surface area contributed by atoms with Crippen molar-refractivity contribution in [3.8, 4) is 0 Å². The summed E-state index contributed by atoms with van der Waals surface area (Å²) in [6, 6.07) is -0.348. The van der Waals surface area contributed by atoms with Crippen LogP contribution in [0.4, 0.5) is 0 Å². The molecule has 0 saturated carbocycles. The molecule has 0 saturated heterocycles. The second-order valence-electron chi connectivity index (χ2n) is 3.19. The van der Waals surface area contributed by atoms with Gasteiger partial charge in [-0.3, -0.25) is 4.79 Å². The van der Waals surface area contributed by atoms with E-state index >= 15 is 0 Å². The van der Waals surface area contributed by atoms with Gasteiger partial charge in [0.05, 0.1) is 19.8 Å². The second kappa shape index (κ2) is 7.76. The number of nitrogens with one attached hydrogen (secondary N) is 1. The molecule has 0 spiro atoms. The summed E-state index contributed by atoms with van der Waals surface area (Å²) in [4.78, 5) is 11.2. The van der Waals surface area contributed by atoms with Gasteiger partial charge in [0.25, 0.3) is 0 Å². The molecule has 1 N–H and O–H groups in total. The summed E-state index contributed by atoms with van der Waals surface area (Å²) in [5.41, 5.74) is 0. The maximum atomic E-state index is 11.2. The van der Waals surface area contributed by atoms with Gasteiger partial charge in [-0.2, -0.15) is 0 Å². The van der Waals surface area contributed by atoms with Crippen LogP contribution in [0.5, 0.6) is 0 Å². The molecule has 0 aliphatic carbocycles. The Bertz CT molecular complexity index is 161. The van der Waals surface area contributed by atoms with Crippen LogP contribution in [0.1, 0.15) is 27.2 Å². The van der Waals surface area contributed by atoms with E-state index in [1.807, 2.05) is 20.8 Å². The highest BCUT2D eigenvalue weighted by Crippen LogP contribution is 1.98. The normalized spacial score (nSPS) is 14.9. The van der Waals surface area contributed by atoms with Gasteiger partial charge in [-0.15, -0.1) is 0 Å². The van der Waals surface area contributed by atoms with E-state index in [1.54, 1.807) is 0 Å². The van der Waals surface area contributed by atoms with Crippen LogP contribution in [0.25, 0.3) is 0 Å². The first-order valence-electron chi connectivity index (χ1n) is 5.08. The van der Waals surface area contributed by atoms with Gasteiger partial charge in [-0.1, -0.05) is 13.8 Å². The van der Waals surface area contributed by atoms with Crippen molar-refractivity contribution >= 4 is 5.97 Å². The van der Waals surface area contributed by atoms with E-state index in [2.05, 4.69) is 10.1 Å². The Morgan fingerprint density at radius 2 is 2.07 bits per heavy atom. The zero-order chi connectivity index (χ0) is 11.0. The number of likely N-dealkylation sites (N-methyl/N-ethyl adjacent to an activating group) is 1. The fourth-order valence-electron chi connectivity index (χ4n) is 0.977. The van der Waals surface area contributed by atoms with Crippen molar-refractivity contribution in [1.82, 2.24) is 5.32 Å². The maximum absolute atomic E-state index is 11.2. The molecule has 0 heterocycles. The monoisotopic (exact) mass is 203 g/mol. The van der Waals surface area contributed by atoms with Gasteiger partial charge < -0.3 is 14.8 Å². The van der Waals surface area contributed by atoms with Gasteiger partial charge in [-0.25, -0.2) is 0 Å². The zero-order valence-electron chi connectivity index (χ0n) is 9.50. The number of methoxy groups -OCH3 is 1. The van der Waals surface area contributed by atoms with Crippen LogP contribution in [-0.2, 0) is 14.3 Å². The van der Waals surface area contributed by atoms with Crippen LogP contribution in [0.3, 0.4) is 0 Å². The Kier molecular flexibility index (Phi) is 7.42. The minimum Gasteiger partial charge on any atom is -0.468 e. The van der Waals surface area contributed by atoms with Gasteiger partial charge in [0.2, 0.25) is 0 Å². The largest absolute Gasteiger partial charge is 0.468 e. The average Bonchev–Trinajstić information content (AvgIpc) is 2.22. The highest BCUT2D eigenvalue weighted by atomic mass is 16.5. The van der Waals surface area contributed by atoms with Crippen LogP contribution in [-0.4, -0.2) is 38.4 Å². The Morgan fingerprint density at radius 1 is 1.43 bits per heavy atom. The minimum atomic E-state index is -0.348. The molecular formula is C10H21NO3. The minimum absolute atomic E-state index is 0.181. The van der Waals surface area contributed by atoms with Crippen LogP contribution < -0.4 is 5.32 Å². The molecule has 4 nitrogen and oxygen atoms in total. The highest BCUT2D eigenvalue weighted by molar-refractivity contribution is 5.75. The molecule has 2 atom stereocenters. The van der Waals surface area contributed by atoms with E-state index in [-0.39, 0.29) is 18.1 Å². The van der Waals surface area contributed by atoms with Crippen molar-refractivity contribution in [3.63, 3.8) is 0 Å². The quantitative estimate of drug-likeness (QED) is 0.626. The number of ether oxygens (including phenoxy) is 2. The first-order valence-corrected chi connectivity index (χ1v) is 5.08. The van der Waals surface area contributed by atoms with Gasteiger partial charge in [-0.05, 0) is 19.9 Å². The molecule has 14 heavy (non-hydrogen) atoms. The summed E-state index contributed by atoms with van der Waals surface area (Å²) in [6.45, 7) is 7.07. The summed E-state index contributed by atoms with van der Waals surface area (Å²) >= 11 is 0. The Hall–Kier alpha value is -0.610. The van der Waals surface area contributed by atoms with Crippen molar-refractivity contribution in [2.75, 3.05) is 20.3 Å². The van der Waals surface area contributed by atoms with Crippen LogP contribution in [0, 0.1) is 0 Å². The van der Waals surface area contributed by atoms with Crippen molar-refractivity contribution in [2.45, 2.75) is 39.3 Å². The van der Waals surface area contributed by atoms with Crippen molar-refractivity contribution in [1.29, 1.82) is 0 Å². The van der Waals surface area contributed by atoms with Gasteiger partial charge in [0.15, 0.2) is 0 Å². The molecule has 0 bridgehead atoms. The lowest BCUT2D eigenvalue weighted by atomic mass is 10.3. The number of hydrogen-bond donors (Lipinski definition) is 1. The Balaban J connectivity index is 3.90. The molecule has 0 aliphatic rings. The third kappa shape index (κ3) is 5.19. The molecule has 0 rings (SSSR count). The van der Waals surface area contributed by atoms with E-state index < -0.39 is 0 Å². The van der Waals surface area contributed by atoms with Gasteiger partial charge in [0.1, 0.15) is 6.04 Å². The van der Waals surface area contributed by atoms with Crippen LogP contribution >= 0.6 is 0 Å². The molecule has 0 aromatic rings. The smallest absolute Gasteiger partial charge is 0.325 e. The highest BCUT2D eigenvalue weighted by Gasteiger charge is 2.18. The molecular weight excluding hydrogens is 182 g/mol. The molecule has 0 fully saturated rings. The van der Waals surface area contributed by atoms with E-state index in [9.17, 15) is 4.79 Å². The standard InChI is InChI=1S/C10H21NO3/c1-5-8(3)14-7-9(11-6-2)10(12)13-4/h8-9,11H,5-7H2,1-4H3. The molecule has 0 aliphatic heterocycles. The molecule has 0 aromatic carbocycles. The van der Waals surface area contributed by atoms with Gasteiger partial charge in [0, 0.05) is 0 Å². The zero-order valence-corrected chi connectivity index (χ0v) is 9.50. The van der Waals surface area contributed by atoms with E-state index in [4.69, 9.17) is 4.74 Å². The molecule has 2 unspecified atom stereocenters. The van der Waals surface area contributed by atoms with Crippen LogP contribution in [0.15, 0.2) is 0 Å². The summed E-state index contributed by atoms with van der Waals surface area (Å²) in [6.07, 6.45) is 1.13. The Morgan fingerprint density at radius 3 is 2.50 bits per heavy atom. The molecule has 4 heteroatoms. The van der Waals surface area contributed by atoms with E-state index in [0.717, 1.165) is 13.0 Å².